The summed E-state index contributed by atoms with van der Waals surface area (Å²) >= 11 is 0. The number of imidazole rings is 1. The van der Waals surface area contributed by atoms with Gasteiger partial charge < -0.3 is 5.32 Å². The normalized spacial score (nSPS) is 18.6. The SMILES string of the molecule is Cc1ccc2nc(C(=O)Nc3c(C)nn(C4CCS(=O)(=O)C4)c3C)c(F)n2c1. The van der Waals surface area contributed by atoms with Crippen molar-refractivity contribution >= 4 is 27.1 Å². The molecule has 1 saturated heterocycles. The summed E-state index contributed by atoms with van der Waals surface area (Å²) in [5, 5.41) is 7.09. The fourth-order valence-electron chi connectivity index (χ4n) is 3.61. The second-order valence-corrected chi connectivity index (χ2v) is 9.42. The highest BCUT2D eigenvalue weighted by Gasteiger charge is 2.32. The summed E-state index contributed by atoms with van der Waals surface area (Å²) in [4.78, 5) is 16.7. The van der Waals surface area contributed by atoms with Gasteiger partial charge in [-0.3, -0.25) is 13.9 Å². The van der Waals surface area contributed by atoms with E-state index >= 15 is 0 Å². The van der Waals surface area contributed by atoms with Crippen LogP contribution in [0.15, 0.2) is 18.3 Å². The molecule has 0 aliphatic carbocycles. The monoisotopic (exact) mass is 405 g/mol. The van der Waals surface area contributed by atoms with E-state index in [1.807, 2.05) is 6.92 Å². The molecule has 0 radical (unpaired) electrons. The van der Waals surface area contributed by atoms with Crippen molar-refractivity contribution in [3.8, 4) is 0 Å². The molecule has 1 N–H and O–H groups in total. The van der Waals surface area contributed by atoms with Crippen LogP contribution in [0.25, 0.3) is 5.65 Å². The second-order valence-electron chi connectivity index (χ2n) is 7.19. The number of pyridine rings is 1. The van der Waals surface area contributed by atoms with E-state index < -0.39 is 21.7 Å². The molecule has 10 heteroatoms. The van der Waals surface area contributed by atoms with Crippen molar-refractivity contribution in [1.29, 1.82) is 0 Å². The van der Waals surface area contributed by atoms with Gasteiger partial charge in [0, 0.05) is 6.20 Å². The van der Waals surface area contributed by atoms with E-state index in [9.17, 15) is 17.6 Å². The third-order valence-electron chi connectivity index (χ3n) is 5.04. The maximum Gasteiger partial charge on any atom is 0.279 e. The van der Waals surface area contributed by atoms with Crippen molar-refractivity contribution in [2.45, 2.75) is 33.2 Å². The minimum Gasteiger partial charge on any atom is -0.317 e. The first kappa shape index (κ1) is 18.6. The van der Waals surface area contributed by atoms with Gasteiger partial charge >= 0.3 is 0 Å². The fourth-order valence-corrected chi connectivity index (χ4v) is 5.30. The standard InChI is InChI=1S/C18H20FN5O3S/c1-10-4-5-14-20-16(17(19)23(14)8-10)18(25)21-15-11(2)22-24(12(15)3)13-6-7-28(26,27)9-13/h4-5,8,13H,6-7,9H2,1-3H3,(H,21,25). The Bertz CT molecular complexity index is 1210. The molecule has 1 unspecified atom stereocenters. The number of sulfone groups is 1. The van der Waals surface area contributed by atoms with Gasteiger partial charge in [0.15, 0.2) is 15.5 Å². The topological polar surface area (TPSA) is 98.4 Å². The van der Waals surface area contributed by atoms with Gasteiger partial charge in [-0.2, -0.15) is 9.49 Å². The molecule has 1 aliphatic rings. The van der Waals surface area contributed by atoms with E-state index in [1.165, 1.54) is 4.40 Å². The molecule has 1 aliphatic heterocycles. The summed E-state index contributed by atoms with van der Waals surface area (Å²) < 4.78 is 41.0. The number of nitrogens with zero attached hydrogens (tertiary/aromatic N) is 4. The molecule has 28 heavy (non-hydrogen) atoms. The first-order chi connectivity index (χ1) is 13.2. The van der Waals surface area contributed by atoms with Gasteiger partial charge in [0.25, 0.3) is 5.91 Å². The lowest BCUT2D eigenvalue weighted by Crippen LogP contribution is -2.16. The third-order valence-corrected chi connectivity index (χ3v) is 6.79. The van der Waals surface area contributed by atoms with E-state index in [2.05, 4.69) is 15.4 Å². The molecule has 0 saturated carbocycles. The second kappa shape index (κ2) is 6.40. The molecule has 4 heterocycles. The van der Waals surface area contributed by atoms with Gasteiger partial charge in [0.1, 0.15) is 5.65 Å². The number of hydrogen-bond acceptors (Lipinski definition) is 5. The number of hydrogen-bond donors (Lipinski definition) is 1. The summed E-state index contributed by atoms with van der Waals surface area (Å²) in [5.74, 6) is -1.25. The highest BCUT2D eigenvalue weighted by atomic mass is 32.2. The first-order valence-corrected chi connectivity index (χ1v) is 10.7. The number of nitrogens with one attached hydrogen (secondary N) is 1. The van der Waals surface area contributed by atoms with Crippen LogP contribution in [0.1, 0.15) is 39.9 Å². The number of anilines is 1. The first-order valence-electron chi connectivity index (χ1n) is 8.88. The van der Waals surface area contributed by atoms with Gasteiger partial charge in [-0.15, -0.1) is 0 Å². The lowest BCUT2D eigenvalue weighted by atomic mass is 10.2. The minimum atomic E-state index is -3.06. The van der Waals surface area contributed by atoms with E-state index in [4.69, 9.17) is 0 Å². The summed E-state index contributed by atoms with van der Waals surface area (Å²) in [6.07, 6.45) is 2.06. The number of amides is 1. The molecule has 0 bridgehead atoms. The maximum absolute atomic E-state index is 14.7. The molecular formula is C18H20FN5O3S. The highest BCUT2D eigenvalue weighted by Crippen LogP contribution is 2.29. The van der Waals surface area contributed by atoms with E-state index in [0.717, 1.165) is 5.56 Å². The molecular weight excluding hydrogens is 385 g/mol. The number of aryl methyl sites for hydroxylation is 2. The molecule has 0 spiro atoms. The molecule has 8 nitrogen and oxygen atoms in total. The lowest BCUT2D eigenvalue weighted by molar-refractivity contribution is 0.101. The van der Waals surface area contributed by atoms with Crippen molar-refractivity contribution in [2.24, 2.45) is 0 Å². The van der Waals surface area contributed by atoms with Crippen molar-refractivity contribution in [3.05, 3.63) is 46.9 Å². The van der Waals surface area contributed by atoms with Crippen LogP contribution >= 0.6 is 0 Å². The molecule has 1 amide bonds. The lowest BCUT2D eigenvalue weighted by Gasteiger charge is -2.11. The van der Waals surface area contributed by atoms with Crippen molar-refractivity contribution in [3.63, 3.8) is 0 Å². The van der Waals surface area contributed by atoms with Gasteiger partial charge in [0.05, 0.1) is 34.6 Å². The maximum atomic E-state index is 14.7. The zero-order chi connectivity index (χ0) is 20.2. The number of carbonyl (C=O) groups excluding carboxylic acids is 1. The fraction of sp³-hybridized carbons (Fsp3) is 0.389. The largest absolute Gasteiger partial charge is 0.317 e. The molecule has 1 atom stereocenters. The van der Waals surface area contributed by atoms with Gasteiger partial charge in [-0.25, -0.2) is 13.4 Å². The highest BCUT2D eigenvalue weighted by molar-refractivity contribution is 7.91. The number of carbonyl (C=O) groups is 1. The van der Waals surface area contributed by atoms with Crippen LogP contribution in [0.2, 0.25) is 0 Å². The Balaban J connectivity index is 1.65. The van der Waals surface area contributed by atoms with Crippen LogP contribution in [0.5, 0.6) is 0 Å². The van der Waals surface area contributed by atoms with E-state index in [-0.39, 0.29) is 23.2 Å². The Morgan fingerprint density at radius 1 is 1.29 bits per heavy atom. The van der Waals surface area contributed by atoms with Crippen LogP contribution in [0, 0.1) is 26.7 Å². The Morgan fingerprint density at radius 2 is 2.04 bits per heavy atom. The van der Waals surface area contributed by atoms with Crippen LogP contribution in [0.3, 0.4) is 0 Å². The van der Waals surface area contributed by atoms with Crippen molar-refractivity contribution < 1.29 is 17.6 Å². The van der Waals surface area contributed by atoms with Crippen LogP contribution in [-0.2, 0) is 9.84 Å². The smallest absolute Gasteiger partial charge is 0.279 e. The van der Waals surface area contributed by atoms with Crippen LogP contribution in [-0.4, -0.2) is 45.0 Å². The van der Waals surface area contributed by atoms with Crippen molar-refractivity contribution in [1.82, 2.24) is 19.2 Å². The number of halogens is 1. The van der Waals surface area contributed by atoms with Gasteiger partial charge in [-0.1, -0.05) is 6.07 Å². The minimum absolute atomic E-state index is 0.0305. The number of fused-ring (bicyclic) bond motifs is 1. The molecule has 1 fully saturated rings. The van der Waals surface area contributed by atoms with E-state index in [1.54, 1.807) is 36.9 Å². The van der Waals surface area contributed by atoms with Crippen LogP contribution in [0.4, 0.5) is 10.1 Å². The van der Waals surface area contributed by atoms with Gasteiger partial charge in [-0.05, 0) is 38.8 Å². The Kier molecular flexibility index (Phi) is 4.25. The van der Waals surface area contributed by atoms with Crippen molar-refractivity contribution in [2.75, 3.05) is 16.8 Å². The zero-order valence-electron chi connectivity index (χ0n) is 15.7. The summed E-state index contributed by atoms with van der Waals surface area (Å²) in [6, 6.07) is 3.17. The Hall–Kier alpha value is -2.75. The predicted octanol–water partition coefficient (Wildman–Crippen LogP) is 2.21. The molecule has 148 valence electrons. The predicted molar refractivity (Wildman–Crippen MR) is 102 cm³/mol. The summed E-state index contributed by atoms with van der Waals surface area (Å²) in [6.45, 7) is 5.29. The zero-order valence-corrected chi connectivity index (χ0v) is 16.5. The Labute approximate surface area is 161 Å². The quantitative estimate of drug-likeness (QED) is 0.720. The Morgan fingerprint density at radius 3 is 2.71 bits per heavy atom. The summed E-state index contributed by atoms with van der Waals surface area (Å²) in [5.41, 5.74) is 2.49. The molecule has 0 aromatic carbocycles. The number of rotatable bonds is 3. The van der Waals surface area contributed by atoms with Crippen LogP contribution < -0.4 is 5.32 Å². The van der Waals surface area contributed by atoms with E-state index in [0.29, 0.717) is 29.1 Å². The number of aromatic nitrogens is 4. The molecule has 4 rings (SSSR count). The third kappa shape index (κ3) is 3.07. The molecule has 3 aromatic heterocycles. The average molecular weight is 405 g/mol. The average Bonchev–Trinajstić information content (AvgIpc) is 3.24. The van der Waals surface area contributed by atoms with Gasteiger partial charge in [0.2, 0.25) is 5.95 Å². The summed E-state index contributed by atoms with van der Waals surface area (Å²) in [7, 11) is -3.06. The molecule has 3 aromatic rings.